The molecule has 0 spiro atoms. The predicted molar refractivity (Wildman–Crippen MR) is 294 cm³/mol. The lowest BCUT2D eigenvalue weighted by Gasteiger charge is -2.28. The number of imidazole rings is 1. The van der Waals surface area contributed by atoms with Gasteiger partial charge < -0.3 is 49.6 Å². The summed E-state index contributed by atoms with van der Waals surface area (Å²) in [7, 11) is -1.11. The van der Waals surface area contributed by atoms with Crippen molar-refractivity contribution in [1.82, 2.24) is 35.0 Å². The number of fused-ring (bicyclic) bond motifs is 1. The van der Waals surface area contributed by atoms with Crippen molar-refractivity contribution in [3.8, 4) is 27.7 Å². The number of nitrogens with zero attached hydrogens (tertiary/aromatic N) is 4. The molecule has 21 nitrogen and oxygen atoms in total. The third kappa shape index (κ3) is 15.5. The summed E-state index contributed by atoms with van der Waals surface area (Å²) < 4.78 is 61.8. The van der Waals surface area contributed by atoms with E-state index >= 15 is 0 Å². The molecule has 0 unspecified atom stereocenters. The van der Waals surface area contributed by atoms with Crippen molar-refractivity contribution in [3.63, 3.8) is 0 Å². The van der Waals surface area contributed by atoms with Gasteiger partial charge in [0.25, 0.3) is 15.9 Å². The quantitative estimate of drug-likeness (QED) is 0.0368. The van der Waals surface area contributed by atoms with Crippen LogP contribution in [0, 0.1) is 6.92 Å². The van der Waals surface area contributed by atoms with Gasteiger partial charge in [0, 0.05) is 57.8 Å². The molecule has 6 aromatic rings. The standard InChI is InChI=1S/C55H68N8O13S2/c1-6-8-15-44(54(68)63-33-40(64)28-48(63)53(67)57-32-37-16-18-38(19-17-37)51-36(3)58-35-77-51)59-50(65)34-74-26-25-73-24-23-72-22-20-56-52(66)39-11-9-14-43(27-39)78(70,71)60-45-30-46-47(62(5)55(69)61(46)4)31-49(45)76-42-13-10-12-41(29-42)75-21-7-2/h9-14,16-19,27,29-31,35,40,44,48,60,64H,6-8,15,20-26,28,32-34H2,1-5H3,(H,56,66)(H,57,67)(H,59,65)/t40-,44+,48+/m1/s1. The van der Waals surface area contributed by atoms with Crippen molar-refractivity contribution >= 4 is 61.7 Å². The number of likely N-dealkylation sites (tertiary alicyclic amines) is 1. The fraction of sp³-hybridized carbons (Fsp3) is 0.418. The lowest BCUT2D eigenvalue weighted by molar-refractivity contribution is -0.142. The number of amides is 4. The van der Waals surface area contributed by atoms with Gasteiger partial charge >= 0.3 is 5.69 Å². The molecule has 3 heterocycles. The maximum atomic E-state index is 13.9. The van der Waals surface area contributed by atoms with Crippen LogP contribution >= 0.6 is 11.3 Å². The van der Waals surface area contributed by atoms with Gasteiger partial charge in [0.2, 0.25) is 17.7 Å². The van der Waals surface area contributed by atoms with Crippen molar-refractivity contribution in [2.75, 3.05) is 64.1 Å². The number of sulfonamides is 1. The van der Waals surface area contributed by atoms with E-state index in [1.807, 2.05) is 45.0 Å². The molecule has 4 aromatic carbocycles. The Labute approximate surface area is 457 Å². The maximum Gasteiger partial charge on any atom is 0.328 e. The molecule has 23 heteroatoms. The van der Waals surface area contributed by atoms with Crippen LogP contribution in [0.1, 0.15) is 67.6 Å². The Kier molecular flexibility index (Phi) is 21.0. The lowest BCUT2D eigenvalue weighted by atomic mass is 10.1. The van der Waals surface area contributed by atoms with Gasteiger partial charge in [-0.3, -0.25) is 33.0 Å². The zero-order chi connectivity index (χ0) is 55.8. The summed E-state index contributed by atoms with van der Waals surface area (Å²) in [4.78, 5) is 72.7. The van der Waals surface area contributed by atoms with Crippen LogP contribution in [-0.4, -0.2) is 134 Å². The zero-order valence-corrected chi connectivity index (χ0v) is 46.1. The molecule has 1 fully saturated rings. The first-order valence-electron chi connectivity index (χ1n) is 25.9. The van der Waals surface area contributed by atoms with Crippen molar-refractivity contribution in [2.24, 2.45) is 14.1 Å². The second kappa shape index (κ2) is 27.9. The number of rotatable bonds is 29. The maximum absolute atomic E-state index is 13.9. The minimum absolute atomic E-state index is 0.0290. The first-order chi connectivity index (χ1) is 37.6. The van der Waals surface area contributed by atoms with Crippen LogP contribution in [0.2, 0.25) is 0 Å². The number of ether oxygens (including phenoxy) is 5. The lowest BCUT2D eigenvalue weighted by Crippen LogP contribution is -2.54. The van der Waals surface area contributed by atoms with Crippen molar-refractivity contribution in [2.45, 2.75) is 82.5 Å². The van der Waals surface area contributed by atoms with E-state index in [0.29, 0.717) is 42.0 Å². The summed E-state index contributed by atoms with van der Waals surface area (Å²) in [5.41, 5.74) is 5.48. The van der Waals surface area contributed by atoms with Crippen molar-refractivity contribution in [3.05, 3.63) is 118 Å². The molecule has 5 N–H and O–H groups in total. The molecule has 4 amide bonds. The van der Waals surface area contributed by atoms with Crippen molar-refractivity contribution < 1.29 is 56.4 Å². The second-order valence-corrected chi connectivity index (χ2v) is 21.2. The molecule has 1 aliphatic heterocycles. The largest absolute Gasteiger partial charge is 0.493 e. The highest BCUT2D eigenvalue weighted by Crippen LogP contribution is 2.36. The number of nitrogens with one attached hydrogen (secondary N) is 4. The number of thiazole rings is 1. The number of aryl methyl sites for hydroxylation is 3. The summed E-state index contributed by atoms with van der Waals surface area (Å²) in [5.74, 6) is -0.780. The summed E-state index contributed by atoms with van der Waals surface area (Å²) >= 11 is 1.56. The van der Waals surface area contributed by atoms with E-state index in [9.17, 15) is 37.5 Å². The Hall–Kier alpha value is -7.15. The Balaban J connectivity index is 0.805. The smallest absolute Gasteiger partial charge is 0.328 e. The molecule has 418 valence electrons. The number of aromatic nitrogens is 3. The van der Waals surface area contributed by atoms with Gasteiger partial charge in [-0.25, -0.2) is 18.2 Å². The fourth-order valence-electron chi connectivity index (χ4n) is 8.68. The molecule has 2 aromatic heterocycles. The number of β-amino-alcohol motifs (C(OH)–C–C–N with tert-alkyl or cyclic N) is 1. The topological polar surface area (TPSA) is 260 Å². The molecular weight excluding hydrogens is 1040 g/mol. The van der Waals surface area contributed by atoms with Gasteiger partial charge in [-0.1, -0.05) is 63.1 Å². The summed E-state index contributed by atoms with van der Waals surface area (Å²) in [6.45, 7) is 7.15. The van der Waals surface area contributed by atoms with Gasteiger partial charge in [0.15, 0.2) is 5.75 Å². The number of carbonyl (C=O) groups excluding carboxylic acids is 4. The number of carbonyl (C=O) groups is 4. The summed E-state index contributed by atoms with van der Waals surface area (Å²) in [5, 5.41) is 18.9. The van der Waals surface area contributed by atoms with Crippen LogP contribution in [0.25, 0.3) is 21.5 Å². The molecule has 0 radical (unpaired) electrons. The number of hydrogen-bond acceptors (Lipinski definition) is 15. The van der Waals surface area contributed by atoms with E-state index in [-0.39, 0.29) is 99.2 Å². The fourth-order valence-corrected chi connectivity index (χ4v) is 10.6. The third-order valence-electron chi connectivity index (χ3n) is 12.8. The molecule has 1 aliphatic rings. The monoisotopic (exact) mass is 1110 g/mol. The van der Waals surface area contributed by atoms with Crippen LogP contribution in [0.4, 0.5) is 5.69 Å². The zero-order valence-electron chi connectivity index (χ0n) is 44.5. The van der Waals surface area contributed by atoms with Gasteiger partial charge in [0.05, 0.1) is 83.4 Å². The summed E-state index contributed by atoms with van der Waals surface area (Å²) in [6, 6.07) is 21.6. The molecule has 3 atom stereocenters. The molecule has 0 bridgehead atoms. The Bertz CT molecular complexity index is 3200. The minimum atomic E-state index is -4.30. The first kappa shape index (κ1) is 58.5. The van der Waals surface area contributed by atoms with Gasteiger partial charge in [-0.2, -0.15) is 0 Å². The Morgan fingerprint density at radius 3 is 2.26 bits per heavy atom. The SMILES string of the molecule is CCCC[C@H](NC(=O)COCCOCCOCCNC(=O)c1cccc(S(=O)(=O)Nc2cc3c(cc2Oc2cccc(OCCC)c2)n(C)c(=O)n3C)c1)C(=O)N1C[C@H](O)C[C@H]1C(=O)NCc1ccc(-c2scnc2C)cc1. The van der Waals surface area contributed by atoms with E-state index in [2.05, 4.69) is 25.7 Å². The van der Waals surface area contributed by atoms with Crippen LogP contribution in [0.3, 0.4) is 0 Å². The number of hydrogen-bond donors (Lipinski definition) is 5. The van der Waals surface area contributed by atoms with Crippen LogP contribution in [0.5, 0.6) is 17.2 Å². The highest BCUT2D eigenvalue weighted by Gasteiger charge is 2.41. The highest BCUT2D eigenvalue weighted by molar-refractivity contribution is 7.92. The molecule has 1 saturated heterocycles. The molecule has 0 aliphatic carbocycles. The summed E-state index contributed by atoms with van der Waals surface area (Å²) in [6.07, 6.45) is 1.76. The second-order valence-electron chi connectivity index (χ2n) is 18.7. The average molecular weight is 1110 g/mol. The van der Waals surface area contributed by atoms with E-state index < -0.39 is 45.9 Å². The molecule has 0 saturated carbocycles. The highest BCUT2D eigenvalue weighted by atomic mass is 32.2. The van der Waals surface area contributed by atoms with E-state index in [1.54, 1.807) is 61.3 Å². The minimum Gasteiger partial charge on any atom is -0.493 e. The third-order valence-corrected chi connectivity index (χ3v) is 15.2. The molecular formula is C55H68N8O13S2. The van der Waals surface area contributed by atoms with Crippen molar-refractivity contribution in [1.29, 1.82) is 0 Å². The van der Waals surface area contributed by atoms with Crippen LogP contribution < -0.4 is 35.8 Å². The van der Waals surface area contributed by atoms with Gasteiger partial charge in [-0.05, 0) is 67.3 Å². The number of unbranched alkanes of at least 4 members (excludes halogenated alkanes) is 1. The van der Waals surface area contributed by atoms with Gasteiger partial charge in [-0.15, -0.1) is 11.3 Å². The number of anilines is 1. The Morgan fingerprint density at radius 1 is 0.833 bits per heavy atom. The predicted octanol–water partition coefficient (Wildman–Crippen LogP) is 5.42. The van der Waals surface area contributed by atoms with Crippen LogP contribution in [0.15, 0.2) is 100 Å². The Morgan fingerprint density at radius 2 is 1.54 bits per heavy atom. The van der Waals surface area contributed by atoms with E-state index in [4.69, 9.17) is 23.7 Å². The van der Waals surface area contributed by atoms with E-state index in [1.165, 1.54) is 44.4 Å². The first-order valence-corrected chi connectivity index (χ1v) is 28.2. The number of benzene rings is 4. The number of aliphatic hydroxyl groups excluding tert-OH is 1. The average Bonchev–Trinajstić information content (AvgIpc) is 4.20. The normalized spacial score (nSPS) is 14.8. The number of aliphatic hydroxyl groups is 1. The van der Waals surface area contributed by atoms with Gasteiger partial charge in [0.1, 0.15) is 30.2 Å². The van der Waals surface area contributed by atoms with E-state index in [0.717, 1.165) is 34.5 Å². The molecule has 78 heavy (non-hydrogen) atoms. The van der Waals surface area contributed by atoms with Crippen LogP contribution in [-0.2, 0) is 59.3 Å². The molecule has 7 rings (SSSR count).